The van der Waals surface area contributed by atoms with E-state index in [-0.39, 0.29) is 23.7 Å². The first-order chi connectivity index (χ1) is 11.2. The third kappa shape index (κ3) is 2.22. The molecule has 1 N–H and O–H groups in total. The van der Waals surface area contributed by atoms with Gasteiger partial charge in [0.25, 0.3) is 0 Å². The van der Waals surface area contributed by atoms with Gasteiger partial charge >= 0.3 is 0 Å². The minimum absolute atomic E-state index is 0.101. The maximum absolute atomic E-state index is 14.4. The topological polar surface area (TPSA) is 21.3 Å². The van der Waals surface area contributed by atoms with Crippen molar-refractivity contribution in [1.29, 1.82) is 0 Å². The molecule has 2 aromatic carbocycles. The molecule has 0 bridgehead atoms. The predicted octanol–water partition coefficient (Wildman–Crippen LogP) is 5.31. The summed E-state index contributed by atoms with van der Waals surface area (Å²) in [5, 5.41) is 4.22. The number of allylic oxidation sites excluding steroid dienone is 2. The van der Waals surface area contributed by atoms with Crippen LogP contribution >= 0.6 is 11.6 Å². The van der Waals surface area contributed by atoms with E-state index in [0.717, 1.165) is 28.4 Å². The Morgan fingerprint density at radius 2 is 2.04 bits per heavy atom. The zero-order chi connectivity index (χ0) is 16.0. The molecule has 1 aliphatic heterocycles. The summed E-state index contributed by atoms with van der Waals surface area (Å²) in [6, 6.07) is 10.6. The highest BCUT2D eigenvalue weighted by molar-refractivity contribution is 6.32. The summed E-state index contributed by atoms with van der Waals surface area (Å²) in [4.78, 5) is 0. The molecule has 2 aliphatic rings. The summed E-state index contributed by atoms with van der Waals surface area (Å²) in [5.41, 5.74) is 2.62. The van der Waals surface area contributed by atoms with Crippen molar-refractivity contribution in [2.24, 2.45) is 5.92 Å². The molecule has 3 atom stereocenters. The van der Waals surface area contributed by atoms with Gasteiger partial charge in [0, 0.05) is 22.1 Å². The van der Waals surface area contributed by atoms with Crippen LogP contribution < -0.4 is 10.1 Å². The van der Waals surface area contributed by atoms with Crippen LogP contribution in [0.2, 0.25) is 5.02 Å². The average molecular weight is 330 g/mol. The maximum atomic E-state index is 14.4. The third-order valence-electron chi connectivity index (χ3n) is 4.89. The molecular weight excluding hydrogens is 313 g/mol. The van der Waals surface area contributed by atoms with E-state index >= 15 is 0 Å². The fourth-order valence-corrected chi connectivity index (χ4v) is 4.13. The van der Waals surface area contributed by atoms with Gasteiger partial charge in [0.15, 0.2) is 0 Å². The molecule has 0 saturated carbocycles. The molecule has 118 valence electrons. The van der Waals surface area contributed by atoms with Gasteiger partial charge in [-0.1, -0.05) is 42.0 Å². The first-order valence-corrected chi connectivity index (χ1v) is 8.12. The number of rotatable bonds is 2. The van der Waals surface area contributed by atoms with Gasteiger partial charge < -0.3 is 10.1 Å². The van der Waals surface area contributed by atoms with Crippen LogP contribution in [-0.4, -0.2) is 7.11 Å². The fourth-order valence-electron chi connectivity index (χ4n) is 3.84. The van der Waals surface area contributed by atoms with Crippen LogP contribution in [0, 0.1) is 11.7 Å². The standard InChI is InChI=1S/C19H17ClFNO/c1-23-16-10-9-14(20)17-11-6-4-7-12(11)18(22-19(16)17)13-5-2-3-8-15(13)21/h2-6,8-12,18,22H,7H2,1H3/t11-,12+,18+/m0/s1. The zero-order valence-electron chi connectivity index (χ0n) is 12.7. The number of fused-ring (bicyclic) bond motifs is 3. The first kappa shape index (κ1) is 14.6. The maximum Gasteiger partial charge on any atom is 0.142 e. The molecule has 4 rings (SSSR count). The molecule has 2 aromatic rings. The lowest BCUT2D eigenvalue weighted by Gasteiger charge is -2.38. The number of anilines is 1. The summed E-state index contributed by atoms with van der Waals surface area (Å²) in [6.07, 6.45) is 5.25. The van der Waals surface area contributed by atoms with Gasteiger partial charge in [-0.2, -0.15) is 0 Å². The molecule has 2 nitrogen and oxygen atoms in total. The van der Waals surface area contributed by atoms with Gasteiger partial charge in [0.05, 0.1) is 18.8 Å². The molecule has 1 heterocycles. The van der Waals surface area contributed by atoms with Crippen molar-refractivity contribution in [3.63, 3.8) is 0 Å². The minimum Gasteiger partial charge on any atom is -0.495 e. The second-order valence-corrected chi connectivity index (χ2v) is 6.44. The summed E-state index contributed by atoms with van der Waals surface area (Å²) >= 11 is 6.46. The van der Waals surface area contributed by atoms with E-state index in [1.54, 1.807) is 13.2 Å². The Labute approximate surface area is 139 Å². The Balaban J connectivity index is 1.88. The lowest BCUT2D eigenvalue weighted by molar-refractivity contribution is 0.392. The second kappa shape index (κ2) is 5.57. The summed E-state index contributed by atoms with van der Waals surface area (Å²) < 4.78 is 19.8. The number of nitrogens with one attached hydrogen (secondary N) is 1. The molecule has 0 spiro atoms. The number of halogens is 2. The Hall–Kier alpha value is -2.00. The van der Waals surface area contributed by atoms with Gasteiger partial charge in [-0.05, 0) is 30.5 Å². The van der Waals surface area contributed by atoms with E-state index in [9.17, 15) is 4.39 Å². The molecule has 0 aromatic heterocycles. The normalized spacial score (nSPS) is 24.7. The van der Waals surface area contributed by atoms with Crippen LogP contribution in [-0.2, 0) is 0 Å². The predicted molar refractivity (Wildman–Crippen MR) is 90.8 cm³/mol. The van der Waals surface area contributed by atoms with Crippen LogP contribution in [0.5, 0.6) is 5.75 Å². The highest BCUT2D eigenvalue weighted by atomic mass is 35.5. The van der Waals surface area contributed by atoms with Gasteiger partial charge in [-0.15, -0.1) is 0 Å². The third-order valence-corrected chi connectivity index (χ3v) is 5.22. The molecule has 0 fully saturated rings. The van der Waals surface area contributed by atoms with Crippen molar-refractivity contribution in [1.82, 2.24) is 0 Å². The summed E-state index contributed by atoms with van der Waals surface area (Å²) in [6.45, 7) is 0. The van der Waals surface area contributed by atoms with Gasteiger partial charge in [0.2, 0.25) is 0 Å². The van der Waals surface area contributed by atoms with Gasteiger partial charge in [-0.25, -0.2) is 4.39 Å². The number of methoxy groups -OCH3 is 1. The molecule has 4 heteroatoms. The van der Waals surface area contributed by atoms with Gasteiger partial charge in [0.1, 0.15) is 11.6 Å². The first-order valence-electron chi connectivity index (χ1n) is 7.74. The molecule has 0 saturated heterocycles. The molecule has 0 unspecified atom stereocenters. The van der Waals surface area contributed by atoms with Crippen molar-refractivity contribution in [3.05, 3.63) is 70.5 Å². The van der Waals surface area contributed by atoms with E-state index < -0.39 is 0 Å². The smallest absolute Gasteiger partial charge is 0.142 e. The van der Waals surface area contributed by atoms with Crippen molar-refractivity contribution in [3.8, 4) is 5.75 Å². The van der Waals surface area contributed by atoms with Crippen LogP contribution in [0.15, 0.2) is 48.6 Å². The molecule has 0 amide bonds. The molecule has 23 heavy (non-hydrogen) atoms. The Morgan fingerprint density at radius 3 is 2.83 bits per heavy atom. The van der Waals surface area contributed by atoms with Crippen LogP contribution in [0.3, 0.4) is 0 Å². The van der Waals surface area contributed by atoms with E-state index in [1.807, 2.05) is 24.3 Å². The zero-order valence-corrected chi connectivity index (χ0v) is 13.5. The van der Waals surface area contributed by atoms with E-state index in [2.05, 4.69) is 17.5 Å². The Bertz CT molecular complexity index is 789. The Kier molecular flexibility index (Phi) is 3.53. The summed E-state index contributed by atoms with van der Waals surface area (Å²) in [7, 11) is 1.64. The molecule has 0 radical (unpaired) electrons. The lowest BCUT2D eigenvalue weighted by atomic mass is 9.76. The SMILES string of the molecule is COc1ccc(Cl)c2c1N[C@@H](c1ccccc1F)[C@@H]1CC=C[C@H]21. The Morgan fingerprint density at radius 1 is 1.22 bits per heavy atom. The fraction of sp³-hybridized carbons (Fsp3) is 0.263. The van der Waals surface area contributed by atoms with E-state index in [0.29, 0.717) is 5.56 Å². The summed E-state index contributed by atoms with van der Waals surface area (Å²) in [5.74, 6) is 0.993. The largest absolute Gasteiger partial charge is 0.495 e. The van der Waals surface area contributed by atoms with Crippen molar-refractivity contribution in [2.45, 2.75) is 18.4 Å². The quantitative estimate of drug-likeness (QED) is 0.753. The number of ether oxygens (including phenoxy) is 1. The highest BCUT2D eigenvalue weighted by Gasteiger charge is 2.41. The van der Waals surface area contributed by atoms with Crippen LogP contribution in [0.25, 0.3) is 0 Å². The van der Waals surface area contributed by atoms with Crippen LogP contribution in [0.4, 0.5) is 10.1 Å². The van der Waals surface area contributed by atoms with Crippen molar-refractivity contribution < 1.29 is 9.13 Å². The molecular formula is C19H17ClFNO. The second-order valence-electron chi connectivity index (χ2n) is 6.04. The molecule has 1 aliphatic carbocycles. The minimum atomic E-state index is -0.180. The number of hydrogen-bond acceptors (Lipinski definition) is 2. The van der Waals surface area contributed by atoms with Crippen molar-refractivity contribution in [2.75, 3.05) is 12.4 Å². The van der Waals surface area contributed by atoms with E-state index in [1.165, 1.54) is 6.07 Å². The average Bonchev–Trinajstić information content (AvgIpc) is 3.04. The number of hydrogen-bond donors (Lipinski definition) is 1. The van der Waals surface area contributed by atoms with Crippen LogP contribution in [0.1, 0.15) is 29.5 Å². The van der Waals surface area contributed by atoms with Crippen molar-refractivity contribution >= 4 is 17.3 Å². The highest BCUT2D eigenvalue weighted by Crippen LogP contribution is 2.54. The van der Waals surface area contributed by atoms with Gasteiger partial charge in [-0.3, -0.25) is 0 Å². The van der Waals surface area contributed by atoms with E-state index in [4.69, 9.17) is 16.3 Å². The number of benzene rings is 2. The lowest BCUT2D eigenvalue weighted by Crippen LogP contribution is -2.30. The monoisotopic (exact) mass is 329 g/mol.